The number of hydrogen-bond acceptors (Lipinski definition) is 3. The number of hydrogen-bond donors (Lipinski definition) is 0. The van der Waals surface area contributed by atoms with Crippen LogP contribution in [0.2, 0.25) is 0 Å². The molecule has 84 valence electrons. The molecular weight excluding hydrogens is 230 g/mol. The van der Waals surface area contributed by atoms with Gasteiger partial charge in [0.05, 0.1) is 6.04 Å². The zero-order chi connectivity index (χ0) is 11.5. The summed E-state index contributed by atoms with van der Waals surface area (Å²) < 4.78 is 4.79. The van der Waals surface area contributed by atoms with E-state index in [0.717, 1.165) is 10.5 Å². The maximum atomic E-state index is 11.2. The zero-order valence-electron chi connectivity index (χ0n) is 8.43. The van der Waals surface area contributed by atoms with Crippen molar-refractivity contribution in [2.45, 2.75) is 12.5 Å². The van der Waals surface area contributed by atoms with Gasteiger partial charge in [-0.3, -0.25) is 4.79 Å². The van der Waals surface area contributed by atoms with Gasteiger partial charge in [-0.15, -0.1) is 0 Å². The Morgan fingerprint density at radius 1 is 1.44 bits per heavy atom. The van der Waals surface area contributed by atoms with Crippen molar-refractivity contribution in [1.29, 1.82) is 0 Å². The van der Waals surface area contributed by atoms with Crippen LogP contribution < -0.4 is 0 Å². The van der Waals surface area contributed by atoms with Crippen molar-refractivity contribution in [3.8, 4) is 0 Å². The summed E-state index contributed by atoms with van der Waals surface area (Å²) in [6.07, 6.45) is -0.105. The molecule has 1 atom stereocenters. The van der Waals surface area contributed by atoms with E-state index in [0.29, 0.717) is 6.42 Å². The van der Waals surface area contributed by atoms with Crippen LogP contribution in [0.1, 0.15) is 5.56 Å². The fourth-order valence-corrected chi connectivity index (χ4v) is 1.92. The van der Waals surface area contributed by atoms with Crippen molar-refractivity contribution < 1.29 is 14.3 Å². The second-order valence-electron chi connectivity index (χ2n) is 3.54. The number of carbonyl (C=O) groups is 2. The molecule has 1 heterocycles. The molecule has 1 unspecified atom stereocenters. The molecule has 1 aromatic rings. The number of halogens is 1. The molecule has 1 saturated heterocycles. The minimum absolute atomic E-state index is 0.201. The number of rotatable bonds is 2. The lowest BCUT2D eigenvalue weighted by Gasteiger charge is -2.16. The van der Waals surface area contributed by atoms with Crippen molar-refractivity contribution in [2.24, 2.45) is 0 Å². The molecule has 1 fully saturated rings. The molecule has 4 nitrogen and oxygen atoms in total. The van der Waals surface area contributed by atoms with Gasteiger partial charge < -0.3 is 4.74 Å². The van der Waals surface area contributed by atoms with Gasteiger partial charge in [0.2, 0.25) is 0 Å². The summed E-state index contributed by atoms with van der Waals surface area (Å²) in [5, 5.41) is -0.788. The van der Waals surface area contributed by atoms with Crippen molar-refractivity contribution >= 4 is 23.1 Å². The van der Waals surface area contributed by atoms with E-state index < -0.39 is 11.5 Å². The smallest absolute Gasteiger partial charge is 0.417 e. The highest BCUT2D eigenvalue weighted by molar-refractivity contribution is 6.64. The van der Waals surface area contributed by atoms with Crippen LogP contribution in [0.25, 0.3) is 0 Å². The standard InChI is InChI=1S/C11H10ClNO3/c12-10(14)13-9(7-16-11(13)15)6-8-4-2-1-3-5-8/h1-5,9H,6-7H2. The average Bonchev–Trinajstić information content (AvgIpc) is 2.61. The Morgan fingerprint density at radius 2 is 2.12 bits per heavy atom. The molecule has 0 N–H and O–H groups in total. The van der Waals surface area contributed by atoms with E-state index >= 15 is 0 Å². The summed E-state index contributed by atoms with van der Waals surface area (Å²) in [5.74, 6) is 0. The van der Waals surface area contributed by atoms with Crippen LogP contribution >= 0.6 is 11.6 Å². The van der Waals surface area contributed by atoms with Crippen molar-refractivity contribution in [1.82, 2.24) is 4.90 Å². The highest BCUT2D eigenvalue weighted by atomic mass is 35.5. The Morgan fingerprint density at radius 3 is 2.75 bits per heavy atom. The number of imide groups is 1. The SMILES string of the molecule is O=C(Cl)N1C(=O)OCC1Cc1ccccc1. The molecular formula is C11H10ClNO3. The Labute approximate surface area is 97.7 Å². The molecule has 2 amide bonds. The van der Waals surface area contributed by atoms with Crippen LogP contribution in [0.15, 0.2) is 30.3 Å². The van der Waals surface area contributed by atoms with Crippen LogP contribution in [0.4, 0.5) is 9.59 Å². The fraction of sp³-hybridized carbons (Fsp3) is 0.273. The number of amides is 2. The highest BCUT2D eigenvalue weighted by Gasteiger charge is 2.36. The number of benzene rings is 1. The lowest BCUT2D eigenvalue weighted by atomic mass is 10.1. The first-order valence-electron chi connectivity index (χ1n) is 4.88. The minimum atomic E-state index is -0.788. The minimum Gasteiger partial charge on any atom is -0.447 e. The molecule has 16 heavy (non-hydrogen) atoms. The molecule has 0 radical (unpaired) electrons. The van der Waals surface area contributed by atoms with E-state index in [1.165, 1.54) is 0 Å². The molecule has 1 aliphatic heterocycles. The van der Waals surface area contributed by atoms with Gasteiger partial charge in [-0.2, -0.15) is 0 Å². The van der Waals surface area contributed by atoms with E-state index in [4.69, 9.17) is 16.3 Å². The lowest BCUT2D eigenvalue weighted by Crippen LogP contribution is -2.36. The topological polar surface area (TPSA) is 46.6 Å². The van der Waals surface area contributed by atoms with E-state index in [1.54, 1.807) is 0 Å². The third kappa shape index (κ3) is 2.17. The number of nitrogens with zero attached hydrogens (tertiary/aromatic N) is 1. The van der Waals surface area contributed by atoms with Crippen LogP contribution in [0, 0.1) is 0 Å². The van der Waals surface area contributed by atoms with Gasteiger partial charge in [-0.1, -0.05) is 30.3 Å². The predicted molar refractivity (Wildman–Crippen MR) is 58.4 cm³/mol. The van der Waals surface area contributed by atoms with E-state index in [1.807, 2.05) is 30.3 Å². The van der Waals surface area contributed by atoms with Gasteiger partial charge >= 0.3 is 11.5 Å². The second kappa shape index (κ2) is 4.53. The second-order valence-corrected chi connectivity index (χ2v) is 3.87. The highest BCUT2D eigenvalue weighted by Crippen LogP contribution is 2.18. The summed E-state index contributed by atoms with van der Waals surface area (Å²) in [5.41, 5.74) is 1.04. The number of ether oxygens (including phenoxy) is 1. The maximum Gasteiger partial charge on any atom is 0.417 e. The molecule has 0 bridgehead atoms. The molecule has 0 spiro atoms. The summed E-state index contributed by atoms with van der Waals surface area (Å²) in [7, 11) is 0. The summed E-state index contributed by atoms with van der Waals surface area (Å²) >= 11 is 5.33. The first-order chi connectivity index (χ1) is 7.68. The Balaban J connectivity index is 2.10. The molecule has 0 saturated carbocycles. The van der Waals surface area contributed by atoms with E-state index in [-0.39, 0.29) is 12.6 Å². The number of cyclic esters (lactones) is 1. The summed E-state index contributed by atoms with van der Waals surface area (Å²) in [6, 6.07) is 9.27. The third-order valence-electron chi connectivity index (χ3n) is 2.46. The summed E-state index contributed by atoms with van der Waals surface area (Å²) in [4.78, 5) is 23.2. The van der Waals surface area contributed by atoms with Crippen molar-refractivity contribution in [3.05, 3.63) is 35.9 Å². The Hall–Kier alpha value is -1.55. The van der Waals surface area contributed by atoms with Crippen LogP contribution in [0.5, 0.6) is 0 Å². The average molecular weight is 240 g/mol. The Bertz CT molecular complexity index is 407. The maximum absolute atomic E-state index is 11.2. The largest absolute Gasteiger partial charge is 0.447 e. The molecule has 1 aromatic carbocycles. The van der Waals surface area contributed by atoms with Crippen molar-refractivity contribution in [3.63, 3.8) is 0 Å². The van der Waals surface area contributed by atoms with Gasteiger partial charge in [0.15, 0.2) is 0 Å². The first kappa shape index (κ1) is 11.0. The normalized spacial score (nSPS) is 19.7. The molecule has 0 aliphatic carbocycles. The summed E-state index contributed by atoms with van der Waals surface area (Å²) in [6.45, 7) is 0.201. The quantitative estimate of drug-likeness (QED) is 0.588. The third-order valence-corrected chi connectivity index (χ3v) is 2.65. The lowest BCUT2D eigenvalue weighted by molar-refractivity contribution is 0.163. The molecule has 5 heteroatoms. The number of carbonyl (C=O) groups excluding carboxylic acids is 2. The molecule has 0 aromatic heterocycles. The van der Waals surface area contributed by atoms with Gasteiger partial charge in [-0.25, -0.2) is 9.69 Å². The van der Waals surface area contributed by atoms with Crippen LogP contribution in [-0.4, -0.2) is 29.0 Å². The van der Waals surface area contributed by atoms with Crippen LogP contribution in [-0.2, 0) is 11.2 Å². The Kier molecular flexibility index (Phi) is 3.10. The monoisotopic (exact) mass is 239 g/mol. The predicted octanol–water partition coefficient (Wildman–Crippen LogP) is 2.41. The zero-order valence-corrected chi connectivity index (χ0v) is 9.18. The first-order valence-corrected chi connectivity index (χ1v) is 5.25. The molecule has 2 rings (SSSR count). The van der Waals surface area contributed by atoms with E-state index in [9.17, 15) is 9.59 Å². The van der Waals surface area contributed by atoms with Gasteiger partial charge in [0.25, 0.3) is 0 Å². The van der Waals surface area contributed by atoms with Gasteiger partial charge in [-0.05, 0) is 23.6 Å². The van der Waals surface area contributed by atoms with Crippen LogP contribution in [0.3, 0.4) is 0 Å². The van der Waals surface area contributed by atoms with Gasteiger partial charge in [0.1, 0.15) is 6.61 Å². The molecule has 1 aliphatic rings. The van der Waals surface area contributed by atoms with E-state index in [2.05, 4.69) is 0 Å². The van der Waals surface area contributed by atoms with Gasteiger partial charge in [0, 0.05) is 0 Å². The van der Waals surface area contributed by atoms with Crippen molar-refractivity contribution in [2.75, 3.05) is 6.61 Å². The fourth-order valence-electron chi connectivity index (χ4n) is 1.71.